The van der Waals surface area contributed by atoms with Gasteiger partial charge in [-0.05, 0) is 46.0 Å². The van der Waals surface area contributed by atoms with Gasteiger partial charge in [0.25, 0.3) is 0 Å². The number of nitrogens with zero attached hydrogens (tertiary/aromatic N) is 2. The molecule has 1 saturated carbocycles. The van der Waals surface area contributed by atoms with Gasteiger partial charge in [0.2, 0.25) is 0 Å². The average Bonchev–Trinajstić information content (AvgIpc) is 2.52. The van der Waals surface area contributed by atoms with Crippen molar-refractivity contribution in [3.63, 3.8) is 0 Å². The first kappa shape index (κ1) is 21.3. The highest BCUT2D eigenvalue weighted by Crippen LogP contribution is 2.31. The van der Waals surface area contributed by atoms with Gasteiger partial charge in [-0.2, -0.15) is 0 Å². The van der Waals surface area contributed by atoms with Crippen molar-refractivity contribution in [3.05, 3.63) is 0 Å². The second kappa shape index (κ2) is 10.3. The lowest BCUT2D eigenvalue weighted by Gasteiger charge is -2.35. The monoisotopic (exact) mass is 454 g/mol. The van der Waals surface area contributed by atoms with E-state index in [2.05, 4.69) is 15.6 Å². The van der Waals surface area contributed by atoms with Crippen LogP contribution in [0.25, 0.3) is 0 Å². The third kappa shape index (κ3) is 6.27. The molecule has 2 rings (SSSR count). The first-order valence-electron chi connectivity index (χ1n) is 8.75. The Labute approximate surface area is 161 Å². The molecule has 1 amide bonds. The number of carbonyl (C=O) groups excluding carboxylic acids is 1. The minimum Gasteiger partial charge on any atom is -0.450 e. The van der Waals surface area contributed by atoms with Crippen molar-refractivity contribution in [2.24, 2.45) is 4.99 Å². The second-order valence-electron chi connectivity index (χ2n) is 6.38. The molecule has 8 heteroatoms. The average molecular weight is 454 g/mol. The zero-order chi connectivity index (χ0) is 16.7. The lowest BCUT2D eigenvalue weighted by molar-refractivity contribution is -0.0236. The smallest absolute Gasteiger partial charge is 0.409 e. The third-order valence-electron chi connectivity index (χ3n) is 4.52. The molecule has 0 aromatic carbocycles. The molecule has 1 aliphatic heterocycles. The number of amides is 1. The Morgan fingerprint density at radius 1 is 1.33 bits per heavy atom. The Morgan fingerprint density at radius 3 is 2.50 bits per heavy atom. The van der Waals surface area contributed by atoms with Crippen LogP contribution in [0.2, 0.25) is 0 Å². The molecule has 0 atom stereocenters. The number of aliphatic imine (C=N–C) groups is 1. The maximum absolute atomic E-state index is 11.7. The first-order valence-corrected chi connectivity index (χ1v) is 8.75. The minimum atomic E-state index is -0.602. The van der Waals surface area contributed by atoms with Crippen molar-refractivity contribution in [2.75, 3.05) is 32.8 Å². The molecule has 24 heavy (non-hydrogen) atoms. The van der Waals surface area contributed by atoms with Crippen molar-refractivity contribution in [3.8, 4) is 0 Å². The van der Waals surface area contributed by atoms with E-state index in [1.54, 1.807) is 4.90 Å². The highest BCUT2D eigenvalue weighted by Gasteiger charge is 2.34. The summed E-state index contributed by atoms with van der Waals surface area (Å²) in [5.74, 6) is 0.752. The molecule has 2 fully saturated rings. The third-order valence-corrected chi connectivity index (χ3v) is 4.52. The van der Waals surface area contributed by atoms with Crippen LogP contribution in [0.4, 0.5) is 4.79 Å². The van der Waals surface area contributed by atoms with Crippen LogP contribution in [0.1, 0.15) is 46.0 Å². The molecule has 0 radical (unpaired) electrons. The van der Waals surface area contributed by atoms with E-state index in [9.17, 15) is 9.90 Å². The fraction of sp³-hybridized carbons (Fsp3) is 0.875. The minimum absolute atomic E-state index is 0. The quantitative estimate of drug-likeness (QED) is 0.335. The van der Waals surface area contributed by atoms with Crippen LogP contribution in [-0.4, -0.2) is 66.5 Å². The van der Waals surface area contributed by atoms with Crippen molar-refractivity contribution in [1.82, 2.24) is 15.5 Å². The number of halogens is 1. The Bertz CT molecular complexity index is 422. The van der Waals surface area contributed by atoms with Crippen LogP contribution in [0.15, 0.2) is 4.99 Å². The molecule has 0 spiro atoms. The van der Waals surface area contributed by atoms with E-state index >= 15 is 0 Å². The van der Waals surface area contributed by atoms with Crippen molar-refractivity contribution >= 4 is 36.0 Å². The van der Waals surface area contributed by atoms with Crippen LogP contribution in [0, 0.1) is 0 Å². The zero-order valence-corrected chi connectivity index (χ0v) is 17.0. The highest BCUT2D eigenvalue weighted by molar-refractivity contribution is 14.0. The van der Waals surface area contributed by atoms with Crippen LogP contribution < -0.4 is 10.6 Å². The number of likely N-dealkylation sites (tertiary alicyclic amines) is 1. The van der Waals surface area contributed by atoms with Gasteiger partial charge in [-0.25, -0.2) is 4.79 Å². The summed E-state index contributed by atoms with van der Waals surface area (Å²) in [7, 11) is 0. The predicted molar refractivity (Wildman–Crippen MR) is 105 cm³/mol. The summed E-state index contributed by atoms with van der Waals surface area (Å²) in [6.07, 6.45) is 4.28. The molecule has 0 aromatic rings. The van der Waals surface area contributed by atoms with Gasteiger partial charge in [0, 0.05) is 25.7 Å². The number of ether oxygens (including phenoxy) is 1. The van der Waals surface area contributed by atoms with Gasteiger partial charge in [-0.15, -0.1) is 24.0 Å². The van der Waals surface area contributed by atoms with Crippen LogP contribution in [0.5, 0.6) is 0 Å². The van der Waals surface area contributed by atoms with Gasteiger partial charge in [0.1, 0.15) is 0 Å². The Morgan fingerprint density at radius 2 is 2.00 bits per heavy atom. The maximum Gasteiger partial charge on any atom is 0.409 e. The van der Waals surface area contributed by atoms with Gasteiger partial charge in [-0.1, -0.05) is 0 Å². The predicted octanol–water partition coefficient (Wildman–Crippen LogP) is 1.70. The summed E-state index contributed by atoms with van der Waals surface area (Å²) in [6, 6.07) is 0.287. The normalized spacial score (nSPS) is 20.6. The standard InChI is InChI=1S/C16H30N4O3.HI/c1-3-17-14(18-12-16(22)8-5-9-16)19-13-6-10-20(11-7-13)15(21)23-4-2;/h13,22H,3-12H2,1-2H3,(H2,17,18,19);1H. The van der Waals surface area contributed by atoms with E-state index in [0.29, 0.717) is 26.2 Å². The summed E-state index contributed by atoms with van der Waals surface area (Å²) in [5.41, 5.74) is -0.602. The fourth-order valence-corrected chi connectivity index (χ4v) is 2.90. The molecule has 3 N–H and O–H groups in total. The van der Waals surface area contributed by atoms with Crippen molar-refractivity contribution in [2.45, 2.75) is 57.6 Å². The van der Waals surface area contributed by atoms with Crippen molar-refractivity contribution < 1.29 is 14.6 Å². The van der Waals surface area contributed by atoms with E-state index in [4.69, 9.17) is 4.74 Å². The molecule has 0 aromatic heterocycles. The number of piperidine rings is 1. The number of hydrogen-bond acceptors (Lipinski definition) is 4. The van der Waals surface area contributed by atoms with Crippen LogP contribution in [-0.2, 0) is 4.74 Å². The topological polar surface area (TPSA) is 86.2 Å². The lowest BCUT2D eigenvalue weighted by Crippen LogP contribution is -2.50. The zero-order valence-electron chi connectivity index (χ0n) is 14.7. The van der Waals surface area contributed by atoms with Crippen LogP contribution >= 0.6 is 24.0 Å². The molecule has 140 valence electrons. The largest absolute Gasteiger partial charge is 0.450 e. The molecule has 1 aliphatic carbocycles. The summed E-state index contributed by atoms with van der Waals surface area (Å²) in [5, 5.41) is 16.8. The Hall–Kier alpha value is -0.770. The van der Waals surface area contributed by atoms with Gasteiger partial charge < -0.3 is 25.4 Å². The number of carbonyl (C=O) groups is 1. The summed E-state index contributed by atoms with van der Waals surface area (Å²) < 4.78 is 5.03. The molecular weight excluding hydrogens is 423 g/mol. The van der Waals surface area contributed by atoms with E-state index in [1.807, 2.05) is 13.8 Å². The van der Waals surface area contributed by atoms with Gasteiger partial charge in [-0.3, -0.25) is 4.99 Å². The van der Waals surface area contributed by atoms with E-state index in [1.165, 1.54) is 0 Å². The molecule has 1 saturated heterocycles. The lowest BCUT2D eigenvalue weighted by atomic mass is 9.80. The number of rotatable bonds is 5. The summed E-state index contributed by atoms with van der Waals surface area (Å²) >= 11 is 0. The number of nitrogens with one attached hydrogen (secondary N) is 2. The number of guanidine groups is 1. The maximum atomic E-state index is 11.7. The Balaban J connectivity index is 0.00000288. The molecular formula is C16H31IN4O3. The van der Waals surface area contributed by atoms with E-state index < -0.39 is 5.60 Å². The molecule has 7 nitrogen and oxygen atoms in total. The van der Waals surface area contributed by atoms with Gasteiger partial charge >= 0.3 is 6.09 Å². The first-order chi connectivity index (χ1) is 11.1. The number of hydrogen-bond donors (Lipinski definition) is 3. The van der Waals surface area contributed by atoms with Crippen molar-refractivity contribution in [1.29, 1.82) is 0 Å². The van der Waals surface area contributed by atoms with E-state index in [-0.39, 0.29) is 36.1 Å². The highest BCUT2D eigenvalue weighted by atomic mass is 127. The molecule has 0 bridgehead atoms. The van der Waals surface area contributed by atoms with Crippen LogP contribution in [0.3, 0.4) is 0 Å². The second-order valence-corrected chi connectivity index (χ2v) is 6.38. The van der Waals surface area contributed by atoms with Gasteiger partial charge in [0.05, 0.1) is 18.8 Å². The molecule has 0 unspecified atom stereocenters. The summed E-state index contributed by atoms with van der Waals surface area (Å²) in [4.78, 5) is 18.0. The number of aliphatic hydroxyl groups is 1. The fourth-order valence-electron chi connectivity index (χ4n) is 2.90. The van der Waals surface area contributed by atoms with E-state index in [0.717, 1.165) is 44.6 Å². The summed E-state index contributed by atoms with van der Waals surface area (Å²) in [6.45, 7) is 6.88. The van der Waals surface area contributed by atoms with Gasteiger partial charge in [0.15, 0.2) is 5.96 Å². The molecule has 1 heterocycles. The SMILES string of the molecule is CCNC(=NCC1(O)CCC1)NC1CCN(C(=O)OCC)CC1.I. The Kier molecular flexibility index (Phi) is 9.11. The molecule has 2 aliphatic rings.